The van der Waals surface area contributed by atoms with Crippen LogP contribution in [0.1, 0.15) is 6.42 Å². The van der Waals surface area contributed by atoms with Crippen LogP contribution in [0.15, 0.2) is 11.6 Å². The van der Waals surface area contributed by atoms with E-state index in [1.165, 1.54) is 13.2 Å². The Bertz CT molecular complexity index is 420. The van der Waals surface area contributed by atoms with Crippen LogP contribution in [0.4, 0.5) is 0 Å². The molecule has 9 heteroatoms. The molecule has 0 bridgehead atoms. The molecule has 9 nitrogen and oxygen atoms in total. The van der Waals surface area contributed by atoms with Crippen molar-refractivity contribution in [3.8, 4) is 0 Å². The SMILES string of the molecule is COC1OC(CO)C(NC2C=C(CO)C(O)C(O)C2O)CC1O. The summed E-state index contributed by atoms with van der Waals surface area (Å²) < 4.78 is 10.4. The molecule has 1 aliphatic carbocycles. The molecule has 0 spiro atoms. The molecule has 1 aliphatic heterocycles. The first-order valence-corrected chi connectivity index (χ1v) is 7.51. The average molecular weight is 335 g/mol. The van der Waals surface area contributed by atoms with Crippen molar-refractivity contribution < 1.29 is 40.1 Å². The van der Waals surface area contributed by atoms with Gasteiger partial charge in [0.15, 0.2) is 6.29 Å². The Labute approximate surface area is 133 Å². The molecule has 1 saturated heterocycles. The molecule has 1 fully saturated rings. The van der Waals surface area contributed by atoms with E-state index in [4.69, 9.17) is 9.47 Å². The van der Waals surface area contributed by atoms with Gasteiger partial charge in [0.05, 0.1) is 25.4 Å². The van der Waals surface area contributed by atoms with Crippen LogP contribution in [0.3, 0.4) is 0 Å². The maximum atomic E-state index is 10.1. The lowest BCUT2D eigenvalue weighted by Crippen LogP contribution is -2.61. The van der Waals surface area contributed by atoms with Gasteiger partial charge < -0.3 is 45.4 Å². The minimum Gasteiger partial charge on any atom is -0.394 e. The van der Waals surface area contributed by atoms with Crippen molar-refractivity contribution in [2.24, 2.45) is 0 Å². The molecule has 8 unspecified atom stereocenters. The van der Waals surface area contributed by atoms with Gasteiger partial charge in [0.2, 0.25) is 0 Å². The quantitative estimate of drug-likeness (QED) is 0.253. The summed E-state index contributed by atoms with van der Waals surface area (Å²) in [5.74, 6) is 0. The van der Waals surface area contributed by atoms with Gasteiger partial charge in [0, 0.05) is 13.2 Å². The van der Waals surface area contributed by atoms with Crippen LogP contribution in [0.2, 0.25) is 0 Å². The first-order chi connectivity index (χ1) is 10.9. The lowest BCUT2D eigenvalue weighted by molar-refractivity contribution is -0.243. The number of nitrogens with one attached hydrogen (secondary N) is 1. The molecule has 2 rings (SSSR count). The highest BCUT2D eigenvalue weighted by Gasteiger charge is 2.42. The number of hydrogen-bond acceptors (Lipinski definition) is 9. The van der Waals surface area contributed by atoms with Gasteiger partial charge in [-0.05, 0) is 12.0 Å². The van der Waals surface area contributed by atoms with Crippen molar-refractivity contribution in [1.29, 1.82) is 0 Å². The van der Waals surface area contributed by atoms with E-state index in [1.807, 2.05) is 0 Å². The van der Waals surface area contributed by atoms with Gasteiger partial charge in [-0.1, -0.05) is 6.08 Å². The Morgan fingerprint density at radius 1 is 1.22 bits per heavy atom. The van der Waals surface area contributed by atoms with Crippen LogP contribution in [-0.2, 0) is 9.47 Å². The van der Waals surface area contributed by atoms with E-state index in [1.54, 1.807) is 0 Å². The molecule has 0 aromatic heterocycles. The number of methoxy groups -OCH3 is 1. The first kappa shape index (κ1) is 18.7. The zero-order chi connectivity index (χ0) is 17.1. The number of ether oxygens (including phenoxy) is 2. The first-order valence-electron chi connectivity index (χ1n) is 7.51. The summed E-state index contributed by atoms with van der Waals surface area (Å²) in [6, 6.07) is -1.29. The van der Waals surface area contributed by atoms with E-state index in [-0.39, 0.29) is 18.6 Å². The van der Waals surface area contributed by atoms with Gasteiger partial charge in [-0.25, -0.2) is 0 Å². The lowest BCUT2D eigenvalue weighted by Gasteiger charge is -2.42. The monoisotopic (exact) mass is 335 g/mol. The second-order valence-corrected chi connectivity index (χ2v) is 5.89. The molecular formula is C14H25NO8. The molecule has 0 radical (unpaired) electrons. The zero-order valence-corrected chi connectivity index (χ0v) is 12.8. The Morgan fingerprint density at radius 2 is 1.91 bits per heavy atom. The molecule has 23 heavy (non-hydrogen) atoms. The van der Waals surface area contributed by atoms with Gasteiger partial charge in [0.1, 0.15) is 24.4 Å². The number of rotatable bonds is 5. The zero-order valence-electron chi connectivity index (χ0n) is 12.8. The average Bonchev–Trinajstić information content (AvgIpc) is 2.55. The molecule has 0 amide bonds. The third-order valence-electron chi connectivity index (χ3n) is 4.38. The van der Waals surface area contributed by atoms with Gasteiger partial charge in [0.25, 0.3) is 0 Å². The van der Waals surface area contributed by atoms with Crippen molar-refractivity contribution in [1.82, 2.24) is 5.32 Å². The van der Waals surface area contributed by atoms with E-state index in [0.29, 0.717) is 0 Å². The lowest BCUT2D eigenvalue weighted by atomic mass is 9.87. The predicted octanol–water partition coefficient (Wildman–Crippen LogP) is -3.56. The van der Waals surface area contributed by atoms with Crippen LogP contribution < -0.4 is 5.32 Å². The van der Waals surface area contributed by atoms with Crippen molar-refractivity contribution in [2.45, 2.75) is 55.3 Å². The summed E-state index contributed by atoms with van der Waals surface area (Å²) in [5.41, 5.74) is 0.188. The van der Waals surface area contributed by atoms with Crippen molar-refractivity contribution in [2.75, 3.05) is 20.3 Å². The van der Waals surface area contributed by atoms with Gasteiger partial charge in [-0.15, -0.1) is 0 Å². The summed E-state index contributed by atoms with van der Waals surface area (Å²) in [5, 5.41) is 61.3. The van der Waals surface area contributed by atoms with Gasteiger partial charge in [-0.3, -0.25) is 0 Å². The highest BCUT2D eigenvalue weighted by Crippen LogP contribution is 2.25. The predicted molar refractivity (Wildman–Crippen MR) is 77.3 cm³/mol. The number of aliphatic hydroxyl groups excluding tert-OH is 6. The number of aliphatic hydroxyl groups is 6. The van der Waals surface area contributed by atoms with Gasteiger partial charge in [-0.2, -0.15) is 0 Å². The standard InChI is InChI=1S/C14H25NO8/c1-22-14-9(18)3-7(10(5-17)23-14)15-8-2-6(4-16)11(19)13(21)12(8)20/h2,7-21H,3-5H2,1H3. The van der Waals surface area contributed by atoms with E-state index in [9.17, 15) is 30.6 Å². The molecule has 0 aromatic rings. The third kappa shape index (κ3) is 3.90. The van der Waals surface area contributed by atoms with Crippen LogP contribution in [0.25, 0.3) is 0 Å². The van der Waals surface area contributed by atoms with E-state index in [0.717, 1.165) is 0 Å². The minimum atomic E-state index is -1.45. The molecule has 0 aromatic carbocycles. The second kappa shape index (κ2) is 7.97. The van der Waals surface area contributed by atoms with Crippen molar-refractivity contribution in [3.63, 3.8) is 0 Å². The molecule has 7 N–H and O–H groups in total. The Hall–Kier alpha value is -0.620. The topological polar surface area (TPSA) is 152 Å². The summed E-state index contributed by atoms with van der Waals surface area (Å²) in [4.78, 5) is 0. The van der Waals surface area contributed by atoms with Gasteiger partial charge >= 0.3 is 0 Å². The molecule has 134 valence electrons. The van der Waals surface area contributed by atoms with Crippen LogP contribution in [0.5, 0.6) is 0 Å². The van der Waals surface area contributed by atoms with E-state index >= 15 is 0 Å². The van der Waals surface area contributed by atoms with E-state index < -0.39 is 55.5 Å². The maximum Gasteiger partial charge on any atom is 0.183 e. The van der Waals surface area contributed by atoms with Crippen LogP contribution in [-0.4, -0.2) is 99.9 Å². The second-order valence-electron chi connectivity index (χ2n) is 5.89. The molecule has 2 aliphatic rings. The van der Waals surface area contributed by atoms with Crippen LogP contribution in [0, 0.1) is 0 Å². The smallest absolute Gasteiger partial charge is 0.183 e. The number of hydrogen-bond donors (Lipinski definition) is 7. The summed E-state index contributed by atoms with van der Waals surface area (Å²) in [6.07, 6.45) is -4.90. The maximum absolute atomic E-state index is 10.1. The molecule has 1 heterocycles. The molecule has 8 atom stereocenters. The summed E-state index contributed by atoms with van der Waals surface area (Å²) in [7, 11) is 1.38. The fraction of sp³-hybridized carbons (Fsp3) is 0.857. The molecule has 0 saturated carbocycles. The molecular weight excluding hydrogens is 310 g/mol. The summed E-state index contributed by atoms with van der Waals surface area (Å²) in [6.45, 7) is -0.781. The Morgan fingerprint density at radius 3 is 2.48 bits per heavy atom. The third-order valence-corrected chi connectivity index (χ3v) is 4.38. The fourth-order valence-corrected chi connectivity index (χ4v) is 3.03. The minimum absolute atomic E-state index is 0.188. The highest BCUT2D eigenvalue weighted by atomic mass is 16.7. The van der Waals surface area contributed by atoms with E-state index in [2.05, 4.69) is 5.32 Å². The normalized spacial score (nSPS) is 44.9. The fourth-order valence-electron chi connectivity index (χ4n) is 3.03. The Balaban J connectivity index is 2.11. The van der Waals surface area contributed by atoms with Crippen molar-refractivity contribution in [3.05, 3.63) is 11.6 Å². The highest BCUT2D eigenvalue weighted by molar-refractivity contribution is 5.22. The summed E-state index contributed by atoms with van der Waals surface area (Å²) >= 11 is 0. The Kier molecular flexibility index (Phi) is 6.48. The largest absolute Gasteiger partial charge is 0.394 e. The van der Waals surface area contributed by atoms with Crippen molar-refractivity contribution >= 4 is 0 Å². The van der Waals surface area contributed by atoms with Crippen LogP contribution >= 0.6 is 0 Å².